The molecule has 0 saturated carbocycles. The molecule has 1 aromatic heterocycles. The number of methoxy groups -OCH3 is 1. The van der Waals surface area contributed by atoms with E-state index in [0.717, 1.165) is 21.5 Å². The molecular weight excluding hydrogens is 420 g/mol. The van der Waals surface area contributed by atoms with E-state index in [0.29, 0.717) is 29.2 Å². The summed E-state index contributed by atoms with van der Waals surface area (Å²) >= 11 is 4.92. The van der Waals surface area contributed by atoms with Crippen LogP contribution in [0.5, 0.6) is 17.2 Å². The molecule has 26 heavy (non-hydrogen) atoms. The third kappa shape index (κ3) is 3.66. The van der Waals surface area contributed by atoms with Crippen LogP contribution in [0.15, 0.2) is 56.6 Å². The molecule has 0 amide bonds. The summed E-state index contributed by atoms with van der Waals surface area (Å²) in [5.74, 6) is 3.27. The number of rotatable bonds is 5. The van der Waals surface area contributed by atoms with Gasteiger partial charge in [-0.15, -0.1) is 10.2 Å². The lowest BCUT2D eigenvalue weighted by Crippen LogP contribution is -2.21. The Labute approximate surface area is 163 Å². The number of halogens is 1. The van der Waals surface area contributed by atoms with Crippen LogP contribution in [0.25, 0.3) is 0 Å². The molecule has 0 N–H and O–H groups in total. The molecular formula is C18H15BrN2O4S. The van der Waals surface area contributed by atoms with Gasteiger partial charge < -0.3 is 18.6 Å². The summed E-state index contributed by atoms with van der Waals surface area (Å²) in [5.41, 5.74) is 1.04. The van der Waals surface area contributed by atoms with Gasteiger partial charge in [0.2, 0.25) is 6.10 Å². The minimum Gasteiger partial charge on any atom is -0.496 e. The number of ether oxygens (including phenoxy) is 3. The van der Waals surface area contributed by atoms with Crippen molar-refractivity contribution in [2.75, 3.05) is 13.7 Å². The van der Waals surface area contributed by atoms with Crippen molar-refractivity contribution in [2.45, 2.75) is 17.1 Å². The van der Waals surface area contributed by atoms with Crippen LogP contribution < -0.4 is 14.2 Å². The Morgan fingerprint density at radius 3 is 2.88 bits per heavy atom. The van der Waals surface area contributed by atoms with Gasteiger partial charge in [0.25, 0.3) is 11.1 Å². The Hall–Kier alpha value is -2.19. The van der Waals surface area contributed by atoms with Crippen LogP contribution >= 0.6 is 27.7 Å². The summed E-state index contributed by atoms with van der Waals surface area (Å²) in [4.78, 5) is 0. The molecule has 0 aliphatic carbocycles. The normalized spacial score (nSPS) is 15.7. The van der Waals surface area contributed by atoms with Gasteiger partial charge in [-0.25, -0.2) is 0 Å². The first-order valence-electron chi connectivity index (χ1n) is 7.90. The van der Waals surface area contributed by atoms with Crippen molar-refractivity contribution >= 4 is 27.7 Å². The van der Waals surface area contributed by atoms with Gasteiger partial charge in [-0.05, 0) is 30.3 Å². The summed E-state index contributed by atoms with van der Waals surface area (Å²) in [5, 5.41) is 8.68. The van der Waals surface area contributed by atoms with E-state index in [9.17, 15) is 0 Å². The Morgan fingerprint density at radius 2 is 2.04 bits per heavy atom. The molecule has 0 saturated heterocycles. The lowest BCUT2D eigenvalue weighted by atomic mass is 10.2. The number of para-hydroxylation sites is 2. The molecule has 8 heteroatoms. The molecule has 2 heterocycles. The molecule has 1 aliphatic rings. The van der Waals surface area contributed by atoms with Gasteiger partial charge in [0, 0.05) is 15.8 Å². The predicted octanol–water partition coefficient (Wildman–Crippen LogP) is 4.65. The molecule has 1 atom stereocenters. The highest BCUT2D eigenvalue weighted by Crippen LogP contribution is 2.36. The summed E-state index contributed by atoms with van der Waals surface area (Å²) in [7, 11) is 1.65. The highest BCUT2D eigenvalue weighted by molar-refractivity contribution is 9.10. The Morgan fingerprint density at radius 1 is 1.19 bits per heavy atom. The smallest absolute Gasteiger partial charge is 0.277 e. The number of hydrogen-bond acceptors (Lipinski definition) is 7. The minimum atomic E-state index is -0.410. The fourth-order valence-corrected chi connectivity index (χ4v) is 3.71. The second kappa shape index (κ2) is 7.59. The van der Waals surface area contributed by atoms with Gasteiger partial charge in [-0.3, -0.25) is 0 Å². The van der Waals surface area contributed by atoms with Crippen molar-refractivity contribution in [1.29, 1.82) is 0 Å². The highest BCUT2D eigenvalue weighted by atomic mass is 79.9. The average molecular weight is 435 g/mol. The minimum absolute atomic E-state index is 0.336. The molecule has 4 rings (SSSR count). The lowest BCUT2D eigenvalue weighted by molar-refractivity contribution is 0.0686. The van der Waals surface area contributed by atoms with Crippen molar-refractivity contribution in [1.82, 2.24) is 10.2 Å². The maximum absolute atomic E-state index is 5.89. The lowest BCUT2D eigenvalue weighted by Gasteiger charge is -2.23. The number of hydrogen-bond donors (Lipinski definition) is 0. The van der Waals surface area contributed by atoms with E-state index in [1.165, 1.54) is 11.8 Å². The predicted molar refractivity (Wildman–Crippen MR) is 99.9 cm³/mol. The Bertz CT molecular complexity index is 918. The summed E-state index contributed by atoms with van der Waals surface area (Å²) < 4.78 is 23.7. The van der Waals surface area contributed by atoms with E-state index >= 15 is 0 Å². The molecule has 3 aromatic rings. The van der Waals surface area contributed by atoms with Gasteiger partial charge in [0.05, 0.1) is 7.11 Å². The number of thioether (sulfide) groups is 1. The van der Waals surface area contributed by atoms with Crippen LogP contribution in [0.1, 0.15) is 17.6 Å². The molecule has 134 valence electrons. The van der Waals surface area contributed by atoms with Crippen LogP contribution in [-0.2, 0) is 5.75 Å². The average Bonchev–Trinajstić information content (AvgIpc) is 3.15. The van der Waals surface area contributed by atoms with Gasteiger partial charge in [0.1, 0.15) is 12.4 Å². The largest absolute Gasteiger partial charge is 0.496 e. The monoisotopic (exact) mass is 434 g/mol. The van der Waals surface area contributed by atoms with Crippen molar-refractivity contribution in [3.8, 4) is 17.2 Å². The maximum atomic E-state index is 5.89. The molecule has 1 unspecified atom stereocenters. The summed E-state index contributed by atoms with van der Waals surface area (Å²) in [6, 6.07) is 13.4. The van der Waals surface area contributed by atoms with Crippen LogP contribution in [0.4, 0.5) is 0 Å². The zero-order chi connectivity index (χ0) is 17.9. The van der Waals surface area contributed by atoms with Crippen LogP contribution in [0.2, 0.25) is 0 Å². The third-order valence-corrected chi connectivity index (χ3v) is 5.16. The first kappa shape index (κ1) is 17.2. The van der Waals surface area contributed by atoms with Crippen molar-refractivity contribution in [3.63, 3.8) is 0 Å². The fourth-order valence-electron chi connectivity index (χ4n) is 2.55. The van der Waals surface area contributed by atoms with E-state index in [2.05, 4.69) is 26.1 Å². The maximum Gasteiger partial charge on any atom is 0.277 e. The molecule has 2 aromatic carbocycles. The van der Waals surface area contributed by atoms with E-state index < -0.39 is 6.10 Å². The first-order valence-corrected chi connectivity index (χ1v) is 9.68. The van der Waals surface area contributed by atoms with E-state index in [1.54, 1.807) is 7.11 Å². The number of aromatic nitrogens is 2. The second-order valence-corrected chi connectivity index (χ2v) is 7.36. The van der Waals surface area contributed by atoms with Gasteiger partial charge in [-0.1, -0.05) is 39.8 Å². The zero-order valence-corrected chi connectivity index (χ0v) is 16.2. The van der Waals surface area contributed by atoms with E-state index in [-0.39, 0.29) is 0 Å². The molecule has 1 aliphatic heterocycles. The van der Waals surface area contributed by atoms with Crippen molar-refractivity contribution < 1.29 is 18.6 Å². The molecule has 0 spiro atoms. The van der Waals surface area contributed by atoms with E-state index in [4.69, 9.17) is 18.6 Å². The SMILES string of the molecule is COc1ccc(Br)cc1CSc1nnc(C2COc3ccccc3O2)o1. The van der Waals surface area contributed by atoms with E-state index in [1.807, 2.05) is 42.5 Å². The first-order chi connectivity index (χ1) is 12.7. The Kier molecular flexibility index (Phi) is 5.03. The highest BCUT2D eigenvalue weighted by Gasteiger charge is 2.27. The van der Waals surface area contributed by atoms with Gasteiger partial charge >= 0.3 is 0 Å². The van der Waals surface area contributed by atoms with Gasteiger partial charge in [-0.2, -0.15) is 0 Å². The summed E-state index contributed by atoms with van der Waals surface area (Å²) in [6.07, 6.45) is -0.410. The molecule has 0 fully saturated rings. The number of fused-ring (bicyclic) bond motifs is 1. The Balaban J connectivity index is 1.44. The fraction of sp³-hybridized carbons (Fsp3) is 0.222. The third-order valence-electron chi connectivity index (χ3n) is 3.80. The second-order valence-electron chi connectivity index (χ2n) is 5.52. The van der Waals surface area contributed by atoms with Crippen LogP contribution in [-0.4, -0.2) is 23.9 Å². The van der Waals surface area contributed by atoms with Crippen molar-refractivity contribution in [2.24, 2.45) is 0 Å². The number of benzene rings is 2. The molecule has 0 radical (unpaired) electrons. The standard InChI is InChI=1S/C18H15BrN2O4S/c1-22-13-7-6-12(19)8-11(13)10-26-18-21-20-17(25-18)16-9-23-14-4-2-3-5-15(14)24-16/h2-8,16H,9-10H2,1H3. The van der Waals surface area contributed by atoms with Crippen molar-refractivity contribution in [3.05, 3.63) is 58.4 Å². The molecule has 0 bridgehead atoms. The topological polar surface area (TPSA) is 66.6 Å². The van der Waals surface area contributed by atoms with Crippen LogP contribution in [0.3, 0.4) is 0 Å². The summed E-state index contributed by atoms with van der Waals surface area (Å²) in [6.45, 7) is 0.336. The van der Waals surface area contributed by atoms with Crippen LogP contribution in [0, 0.1) is 0 Å². The quantitative estimate of drug-likeness (QED) is 0.541. The zero-order valence-electron chi connectivity index (χ0n) is 13.8. The number of nitrogens with zero attached hydrogens (tertiary/aromatic N) is 2. The molecule has 6 nitrogen and oxygen atoms in total. The van der Waals surface area contributed by atoms with Gasteiger partial charge in [0.15, 0.2) is 11.5 Å².